The van der Waals surface area contributed by atoms with E-state index in [1.165, 1.54) is 11.1 Å². The number of rotatable bonds is 2. The Balaban J connectivity index is 2.29. The Morgan fingerprint density at radius 2 is 2.06 bits per heavy atom. The molecular weight excluding hydrogens is 222 g/mol. The maximum Gasteiger partial charge on any atom is 0.137 e. The molecule has 1 aliphatic rings. The van der Waals surface area contributed by atoms with Crippen LogP contribution >= 0.6 is 11.6 Å². The molecule has 16 heavy (non-hydrogen) atoms. The van der Waals surface area contributed by atoms with E-state index in [4.69, 9.17) is 16.3 Å². The number of hydrogen-bond donors (Lipinski definition) is 0. The summed E-state index contributed by atoms with van der Waals surface area (Å²) in [5.41, 5.74) is 2.71. The van der Waals surface area contributed by atoms with Gasteiger partial charge in [0.05, 0.1) is 12.1 Å². The van der Waals surface area contributed by atoms with Crippen molar-refractivity contribution in [1.82, 2.24) is 4.90 Å². The maximum atomic E-state index is 6.15. The maximum absolute atomic E-state index is 6.15. The largest absolute Gasteiger partial charge is 0.495 e. The molecule has 1 aliphatic heterocycles. The van der Waals surface area contributed by atoms with Crippen molar-refractivity contribution in [2.45, 2.75) is 32.9 Å². The van der Waals surface area contributed by atoms with E-state index in [0.717, 1.165) is 25.3 Å². The first-order chi connectivity index (χ1) is 7.61. The lowest BCUT2D eigenvalue weighted by Gasteiger charge is -2.32. The lowest BCUT2D eigenvalue weighted by atomic mass is 9.98. The van der Waals surface area contributed by atoms with Crippen LogP contribution in [0.1, 0.15) is 25.0 Å². The number of ether oxygens (including phenoxy) is 1. The van der Waals surface area contributed by atoms with E-state index in [1.54, 1.807) is 7.11 Å². The molecule has 2 nitrogen and oxygen atoms in total. The van der Waals surface area contributed by atoms with Gasteiger partial charge in [0, 0.05) is 19.1 Å². The third kappa shape index (κ3) is 2.18. The van der Waals surface area contributed by atoms with E-state index in [2.05, 4.69) is 24.8 Å². The molecule has 0 saturated carbocycles. The number of nitrogens with zero attached hydrogens (tertiary/aromatic N) is 1. The molecule has 3 heteroatoms. The molecule has 0 atom stereocenters. The third-order valence-corrected chi connectivity index (χ3v) is 3.54. The van der Waals surface area contributed by atoms with Gasteiger partial charge in [0.1, 0.15) is 5.75 Å². The minimum Gasteiger partial charge on any atom is -0.495 e. The molecule has 88 valence electrons. The van der Waals surface area contributed by atoms with Crippen molar-refractivity contribution in [3.63, 3.8) is 0 Å². The van der Waals surface area contributed by atoms with Crippen LogP contribution in [-0.4, -0.2) is 24.6 Å². The van der Waals surface area contributed by atoms with E-state index < -0.39 is 0 Å². The van der Waals surface area contributed by atoms with Gasteiger partial charge in [0.2, 0.25) is 0 Å². The van der Waals surface area contributed by atoms with Gasteiger partial charge in [-0.25, -0.2) is 0 Å². The molecule has 0 N–H and O–H groups in total. The molecule has 0 amide bonds. The first-order valence-corrected chi connectivity index (χ1v) is 6.09. The summed E-state index contributed by atoms with van der Waals surface area (Å²) >= 11 is 6.15. The van der Waals surface area contributed by atoms with Gasteiger partial charge in [-0.3, -0.25) is 4.90 Å². The molecule has 0 saturated heterocycles. The molecule has 0 spiro atoms. The second kappa shape index (κ2) is 4.64. The predicted molar refractivity (Wildman–Crippen MR) is 67.3 cm³/mol. The summed E-state index contributed by atoms with van der Waals surface area (Å²) in [6, 6.07) is 4.72. The van der Waals surface area contributed by atoms with Crippen LogP contribution in [0, 0.1) is 0 Å². The molecule has 0 fully saturated rings. The van der Waals surface area contributed by atoms with E-state index in [9.17, 15) is 0 Å². The fourth-order valence-corrected chi connectivity index (χ4v) is 2.44. The minimum atomic E-state index is 0.592. The monoisotopic (exact) mass is 239 g/mol. The molecule has 0 bridgehead atoms. The average molecular weight is 240 g/mol. The van der Waals surface area contributed by atoms with Crippen molar-refractivity contribution >= 4 is 11.6 Å². The molecule has 0 radical (unpaired) electrons. The second-order valence-corrected chi connectivity index (χ2v) is 4.98. The average Bonchev–Trinajstić information content (AvgIpc) is 2.27. The van der Waals surface area contributed by atoms with Crippen molar-refractivity contribution in [1.29, 1.82) is 0 Å². The highest BCUT2D eigenvalue weighted by Crippen LogP contribution is 2.31. The standard InChI is InChI=1S/C13H18ClNO/c1-9(2)15-5-4-10-7-13(16-3)12(14)6-11(10)8-15/h6-7,9H,4-5,8H2,1-3H3. The molecule has 1 heterocycles. The van der Waals surface area contributed by atoms with Crippen molar-refractivity contribution in [3.8, 4) is 5.75 Å². The van der Waals surface area contributed by atoms with Crippen LogP contribution in [0.15, 0.2) is 12.1 Å². The molecule has 1 aromatic carbocycles. The molecule has 2 rings (SSSR count). The van der Waals surface area contributed by atoms with Gasteiger partial charge in [-0.1, -0.05) is 11.6 Å². The van der Waals surface area contributed by atoms with Crippen LogP contribution in [0.3, 0.4) is 0 Å². The number of benzene rings is 1. The Morgan fingerprint density at radius 3 is 2.69 bits per heavy atom. The lowest BCUT2D eigenvalue weighted by molar-refractivity contribution is 0.203. The van der Waals surface area contributed by atoms with Gasteiger partial charge >= 0.3 is 0 Å². The molecule has 0 unspecified atom stereocenters. The van der Waals surface area contributed by atoms with Crippen LogP contribution < -0.4 is 4.74 Å². The highest BCUT2D eigenvalue weighted by atomic mass is 35.5. The molecule has 0 aromatic heterocycles. The van der Waals surface area contributed by atoms with Gasteiger partial charge in [-0.05, 0) is 43.5 Å². The van der Waals surface area contributed by atoms with E-state index >= 15 is 0 Å². The van der Waals surface area contributed by atoms with Crippen LogP contribution in [-0.2, 0) is 13.0 Å². The third-order valence-electron chi connectivity index (χ3n) is 3.25. The highest BCUT2D eigenvalue weighted by molar-refractivity contribution is 6.32. The Kier molecular flexibility index (Phi) is 3.41. The summed E-state index contributed by atoms with van der Waals surface area (Å²) in [6.07, 6.45) is 1.08. The van der Waals surface area contributed by atoms with Crippen LogP contribution in [0.2, 0.25) is 5.02 Å². The summed E-state index contributed by atoms with van der Waals surface area (Å²) in [5.74, 6) is 0.790. The summed E-state index contributed by atoms with van der Waals surface area (Å²) in [6.45, 7) is 6.58. The van der Waals surface area contributed by atoms with Crippen molar-refractivity contribution in [2.24, 2.45) is 0 Å². The van der Waals surface area contributed by atoms with E-state index in [1.807, 2.05) is 6.07 Å². The molecule has 0 aliphatic carbocycles. The van der Waals surface area contributed by atoms with Crippen LogP contribution in [0.5, 0.6) is 5.75 Å². The van der Waals surface area contributed by atoms with Gasteiger partial charge < -0.3 is 4.74 Å². The second-order valence-electron chi connectivity index (χ2n) is 4.57. The number of fused-ring (bicyclic) bond motifs is 1. The Morgan fingerprint density at radius 1 is 1.31 bits per heavy atom. The zero-order chi connectivity index (χ0) is 11.7. The Bertz CT molecular complexity index is 390. The quantitative estimate of drug-likeness (QED) is 0.786. The van der Waals surface area contributed by atoms with Crippen molar-refractivity contribution in [3.05, 3.63) is 28.3 Å². The molecular formula is C13H18ClNO. The lowest BCUT2D eigenvalue weighted by Crippen LogP contribution is -2.35. The summed E-state index contributed by atoms with van der Waals surface area (Å²) in [7, 11) is 1.66. The van der Waals surface area contributed by atoms with Gasteiger partial charge in [-0.15, -0.1) is 0 Å². The van der Waals surface area contributed by atoms with E-state index in [0.29, 0.717) is 11.1 Å². The highest BCUT2D eigenvalue weighted by Gasteiger charge is 2.19. The summed E-state index contributed by atoms with van der Waals surface area (Å²) < 4.78 is 5.24. The minimum absolute atomic E-state index is 0.592. The zero-order valence-corrected chi connectivity index (χ0v) is 10.8. The smallest absolute Gasteiger partial charge is 0.137 e. The number of hydrogen-bond acceptors (Lipinski definition) is 2. The topological polar surface area (TPSA) is 12.5 Å². The van der Waals surface area contributed by atoms with Crippen LogP contribution in [0.4, 0.5) is 0 Å². The van der Waals surface area contributed by atoms with Gasteiger partial charge in [0.25, 0.3) is 0 Å². The first-order valence-electron chi connectivity index (χ1n) is 5.71. The summed E-state index contributed by atoms with van der Waals surface area (Å²) in [4.78, 5) is 2.46. The number of methoxy groups -OCH3 is 1. The Hall–Kier alpha value is -0.730. The van der Waals surface area contributed by atoms with Crippen molar-refractivity contribution < 1.29 is 4.74 Å². The van der Waals surface area contributed by atoms with Crippen LogP contribution in [0.25, 0.3) is 0 Å². The van der Waals surface area contributed by atoms with Gasteiger partial charge in [0.15, 0.2) is 0 Å². The fraction of sp³-hybridized carbons (Fsp3) is 0.538. The van der Waals surface area contributed by atoms with Gasteiger partial charge in [-0.2, -0.15) is 0 Å². The summed E-state index contributed by atoms with van der Waals surface area (Å²) in [5, 5.41) is 0.715. The Labute approximate surface area is 102 Å². The molecule has 1 aromatic rings. The first kappa shape index (κ1) is 11.7. The predicted octanol–water partition coefficient (Wildman–Crippen LogP) is 3.12. The SMILES string of the molecule is COc1cc2c(cc1Cl)CN(C(C)C)CC2. The zero-order valence-electron chi connectivity index (χ0n) is 10.1. The normalized spacial score (nSPS) is 16.3. The number of halogens is 1. The van der Waals surface area contributed by atoms with E-state index in [-0.39, 0.29) is 0 Å². The fourth-order valence-electron chi connectivity index (χ4n) is 2.18. The van der Waals surface area contributed by atoms with Crippen molar-refractivity contribution in [2.75, 3.05) is 13.7 Å².